The first-order valence-electron chi connectivity index (χ1n) is 12.1. The normalized spacial score (nSPS) is 23.4. The van der Waals surface area contributed by atoms with Gasteiger partial charge in [-0.1, -0.05) is 11.6 Å². The van der Waals surface area contributed by atoms with Gasteiger partial charge in [-0.2, -0.15) is 0 Å². The number of hydrogen-bond acceptors (Lipinski definition) is 7. The molecule has 11 heteroatoms. The molecule has 1 aliphatic heterocycles. The minimum Gasteiger partial charge on any atom is -0.382 e. The van der Waals surface area contributed by atoms with E-state index in [0.717, 1.165) is 6.20 Å². The SMILES string of the molecule is CC1=CC(OC2CCc3cc(F)cnc32)C(F)(Cl)C(=O)N1c1cc(-c2ccnc(C(C)(C)O)n2)ncc1C. The predicted molar refractivity (Wildman–Crippen MR) is 136 cm³/mol. The van der Waals surface area contributed by atoms with Crippen molar-refractivity contribution in [3.8, 4) is 11.4 Å². The summed E-state index contributed by atoms with van der Waals surface area (Å²) in [5.41, 5.74) is 2.16. The van der Waals surface area contributed by atoms with E-state index in [1.165, 1.54) is 23.2 Å². The molecule has 1 amide bonds. The molecule has 198 valence electrons. The van der Waals surface area contributed by atoms with Crippen molar-refractivity contribution in [3.63, 3.8) is 0 Å². The van der Waals surface area contributed by atoms with Gasteiger partial charge in [0.1, 0.15) is 23.6 Å². The highest BCUT2D eigenvalue weighted by atomic mass is 35.5. The maximum absolute atomic E-state index is 15.9. The Balaban J connectivity index is 1.48. The molecule has 1 N–H and O–H groups in total. The average molecular weight is 542 g/mol. The Morgan fingerprint density at radius 2 is 1.95 bits per heavy atom. The van der Waals surface area contributed by atoms with Gasteiger partial charge in [0.05, 0.1) is 29.0 Å². The zero-order valence-electron chi connectivity index (χ0n) is 21.2. The Morgan fingerprint density at radius 1 is 1.18 bits per heavy atom. The number of ether oxygens (including phenoxy) is 1. The lowest BCUT2D eigenvalue weighted by atomic mass is 10.0. The Kier molecular flexibility index (Phi) is 6.53. The molecule has 8 nitrogen and oxygen atoms in total. The summed E-state index contributed by atoms with van der Waals surface area (Å²) < 4.78 is 35.4. The second kappa shape index (κ2) is 9.44. The van der Waals surface area contributed by atoms with Crippen molar-refractivity contribution >= 4 is 23.2 Å². The lowest BCUT2D eigenvalue weighted by Crippen LogP contribution is -2.53. The Morgan fingerprint density at radius 3 is 2.68 bits per heavy atom. The van der Waals surface area contributed by atoms with Crippen molar-refractivity contribution < 1.29 is 23.4 Å². The summed E-state index contributed by atoms with van der Waals surface area (Å²) in [6, 6.07) is 4.62. The fraction of sp³-hybridized carbons (Fsp3) is 0.370. The summed E-state index contributed by atoms with van der Waals surface area (Å²) in [4.78, 5) is 31.7. The maximum Gasteiger partial charge on any atom is 0.291 e. The number of aryl methyl sites for hydroxylation is 2. The molecule has 3 unspecified atom stereocenters. The zero-order valence-corrected chi connectivity index (χ0v) is 22.0. The van der Waals surface area contributed by atoms with Crippen LogP contribution in [0.5, 0.6) is 0 Å². The lowest BCUT2D eigenvalue weighted by Gasteiger charge is -2.38. The first-order chi connectivity index (χ1) is 17.9. The van der Waals surface area contributed by atoms with Crippen LogP contribution in [-0.2, 0) is 21.6 Å². The average Bonchev–Trinajstić information content (AvgIpc) is 3.25. The monoisotopic (exact) mass is 541 g/mol. The smallest absolute Gasteiger partial charge is 0.291 e. The van der Waals surface area contributed by atoms with E-state index < -0.39 is 34.7 Å². The van der Waals surface area contributed by atoms with Crippen LogP contribution >= 0.6 is 11.6 Å². The zero-order chi connectivity index (χ0) is 27.4. The molecule has 0 radical (unpaired) electrons. The van der Waals surface area contributed by atoms with Crippen LogP contribution in [-0.4, -0.2) is 42.2 Å². The molecule has 3 aromatic rings. The van der Waals surface area contributed by atoms with Gasteiger partial charge in [-0.25, -0.2) is 18.7 Å². The van der Waals surface area contributed by atoms with Gasteiger partial charge in [0.15, 0.2) is 5.82 Å². The minimum absolute atomic E-state index is 0.207. The van der Waals surface area contributed by atoms with Crippen LogP contribution in [0, 0.1) is 12.7 Å². The standard InChI is InChI=1S/C27H26ClF2N5O3/c1-14-12-32-19(18-7-8-31-24(34-18)26(3,4)37)11-20(14)35-15(2)9-22(27(28,30)25(35)36)38-21-6-5-16-10-17(29)13-33-23(16)21/h7-13,21-22,37H,5-6H2,1-4H3. The Bertz CT molecular complexity index is 1460. The highest BCUT2D eigenvalue weighted by Crippen LogP contribution is 2.42. The van der Waals surface area contributed by atoms with Gasteiger partial charge in [-0.15, -0.1) is 0 Å². The number of nitrogens with zero attached hydrogens (tertiary/aromatic N) is 5. The fourth-order valence-electron chi connectivity index (χ4n) is 4.66. The minimum atomic E-state index is -2.90. The quantitative estimate of drug-likeness (QED) is 0.461. The molecule has 4 heterocycles. The predicted octanol–water partition coefficient (Wildman–Crippen LogP) is 4.84. The maximum atomic E-state index is 15.9. The van der Waals surface area contributed by atoms with E-state index in [0.29, 0.717) is 52.4 Å². The number of carbonyl (C=O) groups is 1. The van der Waals surface area contributed by atoms with Crippen LogP contribution in [0.25, 0.3) is 11.4 Å². The van der Waals surface area contributed by atoms with E-state index in [4.69, 9.17) is 16.3 Å². The second-order valence-electron chi connectivity index (χ2n) is 10.0. The van der Waals surface area contributed by atoms with Crippen LogP contribution in [0.2, 0.25) is 0 Å². The topological polar surface area (TPSA) is 101 Å². The van der Waals surface area contributed by atoms with E-state index in [-0.39, 0.29) is 5.82 Å². The molecule has 0 bridgehead atoms. The first-order valence-corrected chi connectivity index (χ1v) is 12.5. The first kappa shape index (κ1) is 26.3. The van der Waals surface area contributed by atoms with Gasteiger partial charge in [-0.3, -0.25) is 19.7 Å². The molecule has 3 aromatic heterocycles. The van der Waals surface area contributed by atoms with Gasteiger partial charge in [0.2, 0.25) is 0 Å². The van der Waals surface area contributed by atoms with Crippen molar-refractivity contribution in [1.82, 2.24) is 19.9 Å². The van der Waals surface area contributed by atoms with E-state index in [9.17, 15) is 14.3 Å². The number of rotatable bonds is 5. The van der Waals surface area contributed by atoms with Gasteiger partial charge in [0.25, 0.3) is 11.0 Å². The summed E-state index contributed by atoms with van der Waals surface area (Å²) in [5, 5.41) is 7.39. The number of carbonyl (C=O) groups excluding carboxylic acids is 1. The lowest BCUT2D eigenvalue weighted by molar-refractivity contribution is -0.134. The van der Waals surface area contributed by atoms with Crippen molar-refractivity contribution in [2.24, 2.45) is 0 Å². The summed E-state index contributed by atoms with van der Waals surface area (Å²) in [7, 11) is 0. The van der Waals surface area contributed by atoms with E-state index in [2.05, 4.69) is 19.9 Å². The van der Waals surface area contributed by atoms with Crippen LogP contribution in [0.4, 0.5) is 14.5 Å². The molecular formula is C27H26ClF2N5O3. The second-order valence-corrected chi connectivity index (χ2v) is 10.6. The number of anilines is 1. The number of pyridine rings is 2. The molecule has 0 fully saturated rings. The van der Waals surface area contributed by atoms with Crippen LogP contribution in [0.3, 0.4) is 0 Å². The van der Waals surface area contributed by atoms with E-state index in [1.54, 1.807) is 46.0 Å². The number of allylic oxidation sites excluding steroid dienone is 1. The van der Waals surface area contributed by atoms with Crippen LogP contribution in [0.15, 0.2) is 48.6 Å². The third-order valence-corrected chi connectivity index (χ3v) is 7.01. The highest BCUT2D eigenvalue weighted by Gasteiger charge is 2.52. The molecule has 0 aromatic carbocycles. The highest BCUT2D eigenvalue weighted by molar-refractivity contribution is 6.37. The van der Waals surface area contributed by atoms with Crippen LogP contribution < -0.4 is 4.90 Å². The molecule has 1 aliphatic carbocycles. The fourth-order valence-corrected chi connectivity index (χ4v) is 4.86. The molecule has 5 rings (SSSR count). The molecular weight excluding hydrogens is 516 g/mol. The summed E-state index contributed by atoms with van der Waals surface area (Å²) in [6.07, 6.45) is 4.60. The molecule has 0 saturated carbocycles. The molecule has 3 atom stereocenters. The van der Waals surface area contributed by atoms with Crippen molar-refractivity contribution in [2.75, 3.05) is 4.90 Å². The molecule has 0 spiro atoms. The van der Waals surface area contributed by atoms with E-state index in [1.807, 2.05) is 0 Å². The van der Waals surface area contributed by atoms with Crippen molar-refractivity contribution in [2.45, 2.75) is 63.5 Å². The number of alkyl halides is 2. The summed E-state index contributed by atoms with van der Waals surface area (Å²) >= 11 is 6.24. The van der Waals surface area contributed by atoms with Crippen molar-refractivity contribution in [1.29, 1.82) is 0 Å². The Labute approximate surface area is 223 Å². The number of fused-ring (bicyclic) bond motifs is 1. The van der Waals surface area contributed by atoms with Gasteiger partial charge >= 0.3 is 0 Å². The largest absolute Gasteiger partial charge is 0.382 e. The number of hydrogen-bond donors (Lipinski definition) is 1. The van der Waals surface area contributed by atoms with E-state index >= 15 is 4.39 Å². The molecule has 2 aliphatic rings. The van der Waals surface area contributed by atoms with Crippen LogP contribution in [0.1, 0.15) is 55.9 Å². The third-order valence-electron chi connectivity index (χ3n) is 6.63. The van der Waals surface area contributed by atoms with Crippen molar-refractivity contribution in [3.05, 3.63) is 77.0 Å². The summed E-state index contributed by atoms with van der Waals surface area (Å²) in [6.45, 7) is 6.54. The number of aromatic nitrogens is 4. The van der Waals surface area contributed by atoms with Gasteiger partial charge in [-0.05, 0) is 75.9 Å². The summed E-state index contributed by atoms with van der Waals surface area (Å²) in [5.74, 6) is -1.25. The number of amides is 1. The number of halogens is 3. The van der Waals surface area contributed by atoms with Gasteiger partial charge < -0.3 is 9.84 Å². The Hall–Kier alpha value is -3.34. The molecule has 0 saturated heterocycles. The molecule has 38 heavy (non-hydrogen) atoms. The third kappa shape index (κ3) is 4.68. The van der Waals surface area contributed by atoms with Gasteiger partial charge in [0, 0.05) is 18.1 Å². The number of aliphatic hydroxyl groups is 1.